The van der Waals surface area contributed by atoms with Crippen molar-refractivity contribution in [1.29, 1.82) is 0 Å². The van der Waals surface area contributed by atoms with Gasteiger partial charge >= 0.3 is 0 Å². The summed E-state index contributed by atoms with van der Waals surface area (Å²) in [4.78, 5) is 0. The van der Waals surface area contributed by atoms with Crippen LogP contribution in [0.3, 0.4) is 0 Å². The summed E-state index contributed by atoms with van der Waals surface area (Å²) in [6.45, 7) is 0. The highest BCUT2D eigenvalue weighted by Crippen LogP contribution is 2.69. The Morgan fingerprint density at radius 1 is 0.500 bits per heavy atom. The molecule has 0 unspecified atom stereocenters. The molecule has 16 heavy (non-hydrogen) atoms. The SMILES string of the molecule is IC(I)(I)C(C(I)(I)I)C(I)(I)C(I)(I)I. The highest BCUT2D eigenvalue weighted by Gasteiger charge is 2.60. The van der Waals surface area contributed by atoms with E-state index in [4.69, 9.17) is 0 Å². The standard InChI is InChI=1S/C5HI11/c6-2(7,5(14,15)16)1(3(8,9)10)4(11,12)13/h1H. The van der Waals surface area contributed by atoms with E-state index in [0.29, 0.717) is 5.92 Å². The Morgan fingerprint density at radius 2 is 0.750 bits per heavy atom. The predicted molar refractivity (Wildman–Crippen MR) is 169 cm³/mol. The monoisotopic (exact) mass is 1460 g/mol. The van der Waals surface area contributed by atoms with Gasteiger partial charge in [-0.2, -0.15) is 0 Å². The van der Waals surface area contributed by atoms with Crippen LogP contribution in [0.15, 0.2) is 0 Å². The molecule has 0 rings (SSSR count). The summed E-state index contributed by atoms with van der Waals surface area (Å²) in [5.74, 6) is 0.558. The molecule has 11 heteroatoms. The highest BCUT2D eigenvalue weighted by molar-refractivity contribution is 14.3. The third-order valence-electron chi connectivity index (χ3n) is 1.40. The summed E-state index contributed by atoms with van der Waals surface area (Å²) in [6.07, 6.45) is 0. The van der Waals surface area contributed by atoms with E-state index < -0.39 is 0 Å². The fraction of sp³-hybridized carbons (Fsp3) is 1.00. The van der Waals surface area contributed by atoms with E-state index in [0.717, 1.165) is 0 Å². The zero-order chi connectivity index (χ0) is 13.6. The molecule has 0 heterocycles. The Balaban J connectivity index is 5.57. The minimum absolute atomic E-state index is 0.178. The molecule has 0 radical (unpaired) electrons. The summed E-state index contributed by atoms with van der Waals surface area (Å²) < 4.78 is 0.765. The van der Waals surface area contributed by atoms with Crippen molar-refractivity contribution in [3.63, 3.8) is 0 Å². The molecule has 0 aliphatic heterocycles. The second kappa shape index (κ2) is 9.11. The van der Waals surface area contributed by atoms with Gasteiger partial charge in [-0.1, -0.05) is 248 Å². The smallest absolute Gasteiger partial charge is 0.0634 e. The van der Waals surface area contributed by atoms with Crippen LogP contribution in [0, 0.1) is 5.92 Å². The number of rotatable bonds is 4. The molecule has 0 aromatic heterocycles. The van der Waals surface area contributed by atoms with Gasteiger partial charge in [0.1, 0.15) is -0.266 Å². The Hall–Kier alpha value is 8.03. The molecule has 0 atom stereocenters. The second-order valence-corrected chi connectivity index (χ2v) is 41.7. The molecule has 0 amide bonds. The van der Waals surface area contributed by atoms with Gasteiger partial charge in [-0.25, -0.2) is 0 Å². The molecule has 0 aromatic carbocycles. The molecule has 0 saturated carbocycles. The van der Waals surface area contributed by atoms with E-state index in [1.54, 1.807) is 0 Å². The van der Waals surface area contributed by atoms with Crippen LogP contribution in [-0.2, 0) is 0 Å². The highest BCUT2D eigenvalue weighted by atomic mass is 127. The van der Waals surface area contributed by atoms with Gasteiger partial charge in [-0.15, -0.1) is 0 Å². The van der Waals surface area contributed by atoms with Crippen molar-refractivity contribution in [2.75, 3.05) is 0 Å². The summed E-state index contributed by atoms with van der Waals surface area (Å²) in [5, 5.41) is 0. The first-order chi connectivity index (χ1) is 6.62. The van der Waals surface area contributed by atoms with Gasteiger partial charge in [0.25, 0.3) is 0 Å². The Labute approximate surface area is 246 Å². The average molecular weight is 1460 g/mol. The number of hydrogen-bond acceptors (Lipinski definition) is 0. The van der Waals surface area contributed by atoms with Crippen molar-refractivity contribution in [2.24, 2.45) is 5.92 Å². The van der Waals surface area contributed by atoms with Crippen molar-refractivity contribution in [1.82, 2.24) is 0 Å². The van der Waals surface area contributed by atoms with E-state index in [-0.39, 0.29) is -0.266 Å². The fourth-order valence-electron chi connectivity index (χ4n) is 0.760. The largest absolute Gasteiger partial charge is 0.148 e. The minimum Gasteiger partial charge on any atom is -0.0634 e. The van der Waals surface area contributed by atoms with Crippen LogP contribution >= 0.6 is 248 Å². The molecule has 0 N–H and O–H groups in total. The maximum atomic E-state index is 2.63. The third-order valence-corrected chi connectivity index (χ3v) is 16.7. The van der Waals surface area contributed by atoms with E-state index in [1.165, 1.54) is 0 Å². The topological polar surface area (TPSA) is 0 Å². The number of halogens is 11. The van der Waals surface area contributed by atoms with Gasteiger partial charge in [0.2, 0.25) is 0 Å². The van der Waals surface area contributed by atoms with Crippen LogP contribution in [-0.4, -0.2) is -0.266 Å². The Bertz CT molecular complexity index is 225. The molecule has 0 nitrogen and oxygen atoms in total. The summed E-state index contributed by atoms with van der Waals surface area (Å²) in [7, 11) is 0. The van der Waals surface area contributed by atoms with Crippen LogP contribution in [0.4, 0.5) is 0 Å². The summed E-state index contributed by atoms with van der Waals surface area (Å²) in [6, 6.07) is 0. The fourth-order valence-corrected chi connectivity index (χ4v) is 21.7. The molecule has 98 valence electrons. The zero-order valence-electron chi connectivity index (χ0n) is 6.73. The van der Waals surface area contributed by atoms with Crippen LogP contribution in [0.1, 0.15) is 0 Å². The zero-order valence-corrected chi connectivity index (χ0v) is 30.5. The molecule has 0 aliphatic rings. The molecule has 0 bridgehead atoms. The van der Waals surface area contributed by atoms with Crippen LogP contribution < -0.4 is 0 Å². The molecule has 0 spiro atoms. The lowest BCUT2D eigenvalue weighted by molar-refractivity contribution is 0.646. The summed E-state index contributed by atoms with van der Waals surface area (Å²) >= 11 is 28.3. The van der Waals surface area contributed by atoms with Gasteiger partial charge in [0, 0.05) is 0 Å². The van der Waals surface area contributed by atoms with Crippen LogP contribution in [0.5, 0.6) is 0 Å². The lowest BCUT2D eigenvalue weighted by Gasteiger charge is -2.45. The third kappa shape index (κ3) is 7.94. The van der Waals surface area contributed by atoms with Crippen molar-refractivity contribution < 1.29 is 0 Å². The first-order valence-corrected chi connectivity index (χ1v) is 15.1. The van der Waals surface area contributed by atoms with Crippen molar-refractivity contribution in [3.05, 3.63) is 0 Å². The number of alkyl halides is 11. The van der Waals surface area contributed by atoms with E-state index in [2.05, 4.69) is 248 Å². The molecule has 0 fully saturated rings. The average Bonchev–Trinajstić information content (AvgIpc) is 1.72. The van der Waals surface area contributed by atoms with Crippen molar-refractivity contribution in [3.8, 4) is 0 Å². The van der Waals surface area contributed by atoms with Gasteiger partial charge in [-0.05, 0) is 0 Å². The second-order valence-electron chi connectivity index (χ2n) is 2.64. The Kier molecular flexibility index (Phi) is 13.7. The van der Waals surface area contributed by atoms with Gasteiger partial charge < -0.3 is 0 Å². The molecule has 0 saturated heterocycles. The van der Waals surface area contributed by atoms with Gasteiger partial charge in [0.15, 0.2) is 0 Å². The molecular weight excluding hydrogens is 1460 g/mol. The lowest BCUT2D eigenvalue weighted by Crippen LogP contribution is -2.48. The van der Waals surface area contributed by atoms with Gasteiger partial charge in [0.05, 0.1) is 5.92 Å². The van der Waals surface area contributed by atoms with Crippen molar-refractivity contribution in [2.45, 2.75) is -0.266 Å². The molecular formula is C5HI11. The minimum atomic E-state index is 0.178. The molecule has 0 aliphatic carbocycles. The van der Waals surface area contributed by atoms with Gasteiger partial charge in [-0.3, -0.25) is 0 Å². The predicted octanol–water partition coefficient (Wildman–Crippen LogP) is 9.05. The maximum Gasteiger partial charge on any atom is 0.148 e. The number of hydrogen-bond donors (Lipinski definition) is 0. The van der Waals surface area contributed by atoms with Crippen LogP contribution in [0.2, 0.25) is 0 Å². The Morgan fingerprint density at radius 3 is 0.812 bits per heavy atom. The van der Waals surface area contributed by atoms with E-state index in [1.807, 2.05) is 0 Å². The van der Waals surface area contributed by atoms with E-state index in [9.17, 15) is 0 Å². The molecule has 0 aromatic rings. The lowest BCUT2D eigenvalue weighted by atomic mass is 10.2. The summed E-state index contributed by atoms with van der Waals surface area (Å²) in [5.41, 5.74) is 0. The van der Waals surface area contributed by atoms with E-state index >= 15 is 0 Å². The van der Waals surface area contributed by atoms with Crippen molar-refractivity contribution >= 4 is 248 Å². The normalized spacial score (nSPS) is 15.8. The first-order valence-electron chi connectivity index (χ1n) is 3.19. The maximum absolute atomic E-state index is 2.63. The van der Waals surface area contributed by atoms with Crippen LogP contribution in [0.25, 0.3) is 0 Å². The quantitative estimate of drug-likeness (QED) is 0.195. The first kappa shape index (κ1) is 24.0.